The number of aromatic nitrogens is 4. The molecule has 0 amide bonds. The average molecular weight is 1710 g/mol. The molecule has 8 aliphatic rings. The van der Waals surface area contributed by atoms with Gasteiger partial charge in [-0.1, -0.05) is 273 Å². The minimum atomic E-state index is 0.0977. The van der Waals surface area contributed by atoms with Crippen molar-refractivity contribution < 1.29 is 18.3 Å². The summed E-state index contributed by atoms with van der Waals surface area (Å²) in [7, 11) is 0. The van der Waals surface area contributed by atoms with Crippen molar-refractivity contribution >= 4 is 166 Å². The minimum Gasteiger partial charge on any atom is -0.159 e. The first-order valence-corrected chi connectivity index (χ1v) is 46.9. The molecule has 0 fully saturated rings. The van der Waals surface area contributed by atoms with E-state index in [0.717, 1.165) is 0 Å². The van der Waals surface area contributed by atoms with Gasteiger partial charge in [-0.3, -0.25) is 0 Å². The van der Waals surface area contributed by atoms with E-state index in [1.165, 1.54) is 222 Å². The zero-order chi connectivity index (χ0) is 87.7. The van der Waals surface area contributed by atoms with Crippen molar-refractivity contribution in [3.63, 3.8) is 0 Å². The van der Waals surface area contributed by atoms with Crippen LogP contribution in [0.5, 0.6) is 0 Å². The van der Waals surface area contributed by atoms with Crippen LogP contribution < -0.4 is 36.2 Å². The highest BCUT2D eigenvalue weighted by Gasteiger charge is 2.68. The van der Waals surface area contributed by atoms with E-state index in [4.69, 9.17) is 0 Å². The lowest BCUT2D eigenvalue weighted by atomic mass is 9.96. The van der Waals surface area contributed by atoms with Crippen LogP contribution in [0.4, 0.5) is 68.2 Å². The molecule has 622 valence electrons. The lowest BCUT2D eigenvalue weighted by molar-refractivity contribution is -0.677. The van der Waals surface area contributed by atoms with Gasteiger partial charge in [-0.05, 0) is 118 Å². The molecule has 8 heteroatoms. The lowest BCUT2D eigenvalue weighted by Gasteiger charge is -2.34. The molecule has 4 atom stereocenters. The molecule has 32 rings (SSSR count). The lowest BCUT2D eigenvalue weighted by Crippen LogP contribution is -2.50. The van der Waals surface area contributed by atoms with Crippen molar-refractivity contribution in [2.75, 3.05) is 0 Å². The van der Waals surface area contributed by atoms with E-state index in [2.05, 4.69) is 516 Å². The van der Waals surface area contributed by atoms with E-state index in [1.807, 2.05) is 0 Å². The number of quaternary nitrogens is 4. The van der Waals surface area contributed by atoms with Crippen molar-refractivity contribution in [2.24, 2.45) is 0 Å². The van der Waals surface area contributed by atoms with Crippen molar-refractivity contribution in [3.8, 4) is 33.8 Å². The van der Waals surface area contributed by atoms with Gasteiger partial charge >= 0.3 is 24.7 Å². The molecule has 4 aromatic heterocycles. The smallest absolute Gasteiger partial charge is 0.159 e. The maximum atomic E-state index is 2.64. The summed E-state index contributed by atoms with van der Waals surface area (Å²) in [6.45, 7) is 0. The predicted octanol–water partition coefficient (Wildman–Crippen LogP) is 30.7. The molecule has 0 radical (unpaired) electrons. The fourth-order valence-electron chi connectivity index (χ4n) is 26.0. The summed E-state index contributed by atoms with van der Waals surface area (Å²) in [6, 6.07) is 184. The van der Waals surface area contributed by atoms with Crippen molar-refractivity contribution in [2.45, 2.75) is 24.7 Å². The van der Waals surface area contributed by atoms with Gasteiger partial charge < -0.3 is 0 Å². The maximum absolute atomic E-state index is 2.64. The molecule has 4 unspecified atom stereocenters. The van der Waals surface area contributed by atoms with Gasteiger partial charge in [-0.15, -0.1) is 18.3 Å². The zero-order valence-electron chi connectivity index (χ0n) is 73.2. The number of benzene rings is 20. The third-order valence-electron chi connectivity index (χ3n) is 30.8. The molecule has 0 N–H and O–H groups in total. The summed E-state index contributed by atoms with van der Waals surface area (Å²) in [4.78, 5) is 0. The highest BCUT2D eigenvalue weighted by atomic mass is 15.5. The zero-order valence-corrected chi connectivity index (χ0v) is 73.2. The Morgan fingerprint density at radius 1 is 0.157 bits per heavy atom. The Balaban J connectivity index is 0.0000000871. The highest BCUT2D eigenvalue weighted by Crippen LogP contribution is 2.66. The van der Waals surface area contributed by atoms with Crippen molar-refractivity contribution in [1.29, 1.82) is 0 Å². The monoisotopic (exact) mass is 1710 g/mol. The quantitative estimate of drug-likeness (QED) is 0.0624. The van der Waals surface area contributed by atoms with Gasteiger partial charge in [0.05, 0.1) is 71.3 Å². The Hall–Kier alpha value is -16.8. The third kappa shape index (κ3) is 9.71. The van der Waals surface area contributed by atoms with Gasteiger partial charge in [-0.2, -0.15) is 17.9 Å². The van der Waals surface area contributed by atoms with Gasteiger partial charge in [0.15, 0.2) is 0 Å². The standard InChI is InChI=1S/3C32H22N2.C30H20N2/c1-3-12-22(13-4-1)34(23-14-5-2-6-15-23)29-21-11-20-26-24-16-7-8-17-25(24)30-27-18-9-10-19-28(27)32(34)33(30)31(26)29;1-3-12-23(13-4-1)34(24-14-5-2-6-15-24)30-21-22-11-7-8-16-25(22)27-19-20-29-26-17-9-10-18-28(26)32(34)33(29)31(27)30;1-3-13-25(14-4-1)34(26-15-5-2-6-16-26)30-17-9-12-22-18-19-29-27-20-23-10-7-8-11-24(23)21-28(27)32(34)33(29)31(22)30;1-3-11-23(12-4-1)32(24-13-5-2-6-14-24)26-16-8-10-21-19-22-18-17-20-9-7-15-25-27(20)29(22)31(28(21)26)30(25)32/h3*1-21,32H;1-19,30H/q4*+2. The van der Waals surface area contributed by atoms with Gasteiger partial charge in [0.1, 0.15) is 45.5 Å². The van der Waals surface area contributed by atoms with E-state index in [0.29, 0.717) is 17.9 Å². The summed E-state index contributed by atoms with van der Waals surface area (Å²) < 4.78 is 13.1. The van der Waals surface area contributed by atoms with Crippen LogP contribution in [0.15, 0.2) is 497 Å². The molecule has 0 saturated heterocycles. The normalized spacial score (nSPS) is 16.9. The Labute approximate surface area is 774 Å². The minimum absolute atomic E-state index is 0.0977. The number of nitrogens with zero attached hydrogens (tertiary/aromatic N) is 8. The van der Waals surface area contributed by atoms with Crippen LogP contribution in [-0.2, 0) is 0 Å². The number of para-hydroxylation sites is 11. The maximum Gasteiger partial charge on any atom is 0.327 e. The van der Waals surface area contributed by atoms with Crippen LogP contribution in [0.25, 0.3) is 131 Å². The first-order chi connectivity index (χ1) is 66.5. The number of fused-ring (bicyclic) bond motifs is 16. The summed E-state index contributed by atoms with van der Waals surface area (Å²) in [5, 5.41) is 17.1. The summed E-state index contributed by atoms with van der Waals surface area (Å²) in [6.07, 6.45) is 0.428. The van der Waals surface area contributed by atoms with Crippen LogP contribution in [0.1, 0.15) is 46.9 Å². The van der Waals surface area contributed by atoms with Crippen molar-refractivity contribution in [3.05, 3.63) is 520 Å². The fourth-order valence-corrected chi connectivity index (χ4v) is 26.0. The van der Waals surface area contributed by atoms with Crippen LogP contribution in [-0.4, -0.2) is 0 Å². The molecule has 0 saturated carbocycles. The molecule has 20 aromatic carbocycles. The van der Waals surface area contributed by atoms with E-state index in [-0.39, 0.29) is 24.7 Å². The van der Waals surface area contributed by atoms with E-state index < -0.39 is 0 Å². The molecule has 8 aliphatic heterocycles. The molecule has 0 spiro atoms. The topological polar surface area (TPSA) is 15.5 Å². The number of hydrogen-bond donors (Lipinski definition) is 0. The first-order valence-electron chi connectivity index (χ1n) is 46.9. The number of hydrogen-bond acceptors (Lipinski definition) is 0. The summed E-state index contributed by atoms with van der Waals surface area (Å²) in [5.41, 5.74) is 35.8. The predicted molar refractivity (Wildman–Crippen MR) is 549 cm³/mol. The second-order valence-electron chi connectivity index (χ2n) is 36.9. The van der Waals surface area contributed by atoms with Gasteiger partial charge in [-0.25, -0.2) is 0 Å². The third-order valence-corrected chi connectivity index (χ3v) is 30.8. The molecule has 12 heterocycles. The van der Waals surface area contributed by atoms with Crippen LogP contribution in [0.2, 0.25) is 0 Å². The largest absolute Gasteiger partial charge is 0.327 e. The van der Waals surface area contributed by atoms with E-state index >= 15 is 0 Å². The summed E-state index contributed by atoms with van der Waals surface area (Å²) in [5.74, 6) is 0. The average Bonchev–Trinajstić information content (AvgIpc) is 1.51. The molecule has 0 aliphatic carbocycles. The molecular formula is C126H86N8+8. The molecular weight excluding hydrogens is 1630 g/mol. The van der Waals surface area contributed by atoms with Crippen LogP contribution in [0.3, 0.4) is 0 Å². The molecule has 0 bridgehead atoms. The Morgan fingerprint density at radius 2 is 0.493 bits per heavy atom. The molecule has 8 nitrogen and oxygen atoms in total. The first kappa shape index (κ1) is 75.0. The molecule has 24 aromatic rings. The second kappa shape index (κ2) is 28.3. The van der Waals surface area contributed by atoms with Crippen LogP contribution >= 0.6 is 0 Å². The van der Waals surface area contributed by atoms with Gasteiger partial charge in [0.25, 0.3) is 22.1 Å². The Kier molecular flexibility index (Phi) is 15.9. The number of rotatable bonds is 8. The number of pyridine rings is 4. The Bertz CT molecular complexity index is 8940. The van der Waals surface area contributed by atoms with Crippen LogP contribution in [0, 0.1) is 0 Å². The molecule has 134 heavy (non-hydrogen) atoms. The summed E-state index contributed by atoms with van der Waals surface area (Å²) >= 11 is 0. The second-order valence-corrected chi connectivity index (χ2v) is 36.9. The van der Waals surface area contributed by atoms with Gasteiger partial charge in [0, 0.05) is 144 Å². The highest BCUT2D eigenvalue weighted by molar-refractivity contribution is 6.16. The van der Waals surface area contributed by atoms with E-state index in [9.17, 15) is 0 Å². The Morgan fingerprint density at radius 3 is 1.06 bits per heavy atom. The van der Waals surface area contributed by atoms with E-state index in [1.54, 1.807) is 0 Å². The van der Waals surface area contributed by atoms with Gasteiger partial charge in [0.2, 0.25) is 45.3 Å². The SMILES string of the molecule is c1ccc([N+]2(c3ccccc3)c3cc4ccccc4c4ccc5[n+](c34)C2c2ccccc2-5)cc1.c1ccc([N+]2(c3ccccc3)c3cccc4c5ccccc5c5[n+](c34)C2c2ccccc2-5)cc1.c1ccc([N+]2(c3ccccc3)c3cccc4cc5ccc6cccc7c6c5[n+](c34)C72)cc1.c1ccc([N+]2(c3ccccc3)c3cccc4ccc5[n+](c34)C2c2cc3ccccc3cc2-5)cc1. The fraction of sp³-hybridized carbons (Fsp3) is 0.0317. The van der Waals surface area contributed by atoms with Crippen molar-refractivity contribution in [1.82, 2.24) is 17.9 Å².